The first-order chi connectivity index (χ1) is 8.61. The Kier molecular flexibility index (Phi) is 4.29. The third kappa shape index (κ3) is 2.87. The van der Waals surface area contributed by atoms with Crippen LogP contribution in [0.4, 0.5) is 0 Å². The van der Waals surface area contributed by atoms with Crippen molar-refractivity contribution in [1.29, 1.82) is 0 Å². The highest BCUT2D eigenvalue weighted by molar-refractivity contribution is 7.99. The van der Waals surface area contributed by atoms with Crippen LogP contribution in [0.5, 0.6) is 0 Å². The molecule has 1 aromatic heterocycles. The molecule has 2 heterocycles. The molecule has 0 saturated carbocycles. The van der Waals surface area contributed by atoms with Crippen molar-refractivity contribution in [2.45, 2.75) is 31.0 Å². The Morgan fingerprint density at radius 2 is 2.44 bits per heavy atom. The molecule has 1 N–H and O–H groups in total. The molecule has 0 spiro atoms. The van der Waals surface area contributed by atoms with Crippen LogP contribution in [-0.2, 0) is 11.2 Å². The molecule has 0 bridgehead atoms. The molecule has 1 fully saturated rings. The second-order valence-electron chi connectivity index (χ2n) is 4.64. The molecule has 1 atom stereocenters. The quantitative estimate of drug-likeness (QED) is 0.821. The normalized spacial score (nSPS) is 20.4. The van der Waals surface area contributed by atoms with E-state index >= 15 is 0 Å². The van der Waals surface area contributed by atoms with Crippen LogP contribution in [0.3, 0.4) is 0 Å². The third-order valence-electron chi connectivity index (χ3n) is 3.26. The summed E-state index contributed by atoms with van der Waals surface area (Å²) in [5, 5.41) is 9.61. The number of likely N-dealkylation sites (N-methyl/N-ethyl adjacent to an activating group) is 1. The molecule has 2 rings (SSSR count). The Balaban J connectivity index is 2.19. The minimum absolute atomic E-state index is 0.0721. The lowest BCUT2D eigenvalue weighted by molar-refractivity contribution is -0.133. The standard InChI is InChI=1S/C12H19N3O2S/c1-3-9-6-13-12(18-8-11(16)17)15(9)10-4-5-14(2)7-10/h6,10H,3-5,7-8H2,1-2H3,(H,16,17). The van der Waals surface area contributed by atoms with Crippen molar-refractivity contribution in [3.63, 3.8) is 0 Å². The molecule has 6 heteroatoms. The number of carbonyl (C=O) groups is 1. The number of aliphatic carboxylic acids is 1. The molecule has 0 radical (unpaired) electrons. The van der Waals surface area contributed by atoms with Gasteiger partial charge in [0, 0.05) is 24.5 Å². The maximum Gasteiger partial charge on any atom is 0.313 e. The lowest BCUT2D eigenvalue weighted by Crippen LogP contribution is -2.18. The predicted octanol–water partition coefficient (Wildman–Crippen LogP) is 1.50. The van der Waals surface area contributed by atoms with Crippen molar-refractivity contribution in [1.82, 2.24) is 14.5 Å². The molecule has 1 saturated heterocycles. The number of rotatable bonds is 5. The molecule has 5 nitrogen and oxygen atoms in total. The first kappa shape index (κ1) is 13.4. The molecule has 0 amide bonds. The van der Waals surface area contributed by atoms with E-state index in [-0.39, 0.29) is 5.75 Å². The van der Waals surface area contributed by atoms with Gasteiger partial charge in [0.15, 0.2) is 5.16 Å². The van der Waals surface area contributed by atoms with E-state index in [2.05, 4.69) is 28.4 Å². The lowest BCUT2D eigenvalue weighted by atomic mass is 10.2. The first-order valence-electron chi connectivity index (χ1n) is 6.21. The number of hydrogen-bond donors (Lipinski definition) is 1. The average molecular weight is 269 g/mol. The Morgan fingerprint density at radius 1 is 1.67 bits per heavy atom. The van der Waals surface area contributed by atoms with Crippen molar-refractivity contribution in [3.8, 4) is 0 Å². The van der Waals surface area contributed by atoms with Gasteiger partial charge in [-0.25, -0.2) is 4.98 Å². The van der Waals surface area contributed by atoms with Crippen molar-refractivity contribution in [2.24, 2.45) is 0 Å². The molecule has 1 aromatic rings. The van der Waals surface area contributed by atoms with Gasteiger partial charge in [-0.15, -0.1) is 0 Å². The summed E-state index contributed by atoms with van der Waals surface area (Å²) in [5.41, 5.74) is 1.20. The van der Waals surface area contributed by atoms with Crippen molar-refractivity contribution in [3.05, 3.63) is 11.9 Å². The summed E-state index contributed by atoms with van der Waals surface area (Å²) in [6.45, 7) is 4.22. The Labute approximate surface area is 111 Å². The van der Waals surface area contributed by atoms with Crippen LogP contribution in [0.25, 0.3) is 0 Å². The van der Waals surface area contributed by atoms with Crippen molar-refractivity contribution < 1.29 is 9.90 Å². The number of carboxylic acids is 1. The fourth-order valence-electron chi connectivity index (χ4n) is 2.38. The van der Waals surface area contributed by atoms with E-state index in [9.17, 15) is 4.79 Å². The minimum atomic E-state index is -0.795. The highest BCUT2D eigenvalue weighted by atomic mass is 32.2. The molecule has 1 unspecified atom stereocenters. The van der Waals surface area contributed by atoms with Gasteiger partial charge in [-0.2, -0.15) is 0 Å². The first-order valence-corrected chi connectivity index (χ1v) is 7.19. The number of hydrogen-bond acceptors (Lipinski definition) is 4. The van der Waals surface area contributed by atoms with Crippen LogP contribution in [0, 0.1) is 0 Å². The van der Waals surface area contributed by atoms with Crippen molar-refractivity contribution >= 4 is 17.7 Å². The largest absolute Gasteiger partial charge is 0.481 e. The van der Waals surface area contributed by atoms with Gasteiger partial charge in [0.1, 0.15) is 0 Å². The summed E-state index contributed by atoms with van der Waals surface area (Å²) >= 11 is 1.31. The van der Waals surface area contributed by atoms with Gasteiger partial charge in [0.05, 0.1) is 5.75 Å². The van der Waals surface area contributed by atoms with Gasteiger partial charge in [0.25, 0.3) is 0 Å². The SMILES string of the molecule is CCc1cnc(SCC(=O)O)n1C1CCN(C)C1. The predicted molar refractivity (Wildman–Crippen MR) is 71.1 cm³/mol. The molecular formula is C12H19N3O2S. The zero-order valence-corrected chi connectivity index (χ0v) is 11.6. The van der Waals surface area contributed by atoms with E-state index in [0.29, 0.717) is 6.04 Å². The molecule has 1 aliphatic heterocycles. The number of imidazole rings is 1. The van der Waals surface area contributed by atoms with Gasteiger partial charge in [-0.3, -0.25) is 4.79 Å². The van der Waals surface area contributed by atoms with Gasteiger partial charge in [0.2, 0.25) is 0 Å². The molecular weight excluding hydrogens is 250 g/mol. The lowest BCUT2D eigenvalue weighted by Gasteiger charge is -2.17. The zero-order valence-electron chi connectivity index (χ0n) is 10.8. The highest BCUT2D eigenvalue weighted by Crippen LogP contribution is 2.28. The number of likely N-dealkylation sites (tertiary alicyclic amines) is 1. The molecule has 18 heavy (non-hydrogen) atoms. The average Bonchev–Trinajstić information content (AvgIpc) is 2.91. The second-order valence-corrected chi connectivity index (χ2v) is 5.59. The summed E-state index contributed by atoms with van der Waals surface area (Å²) in [6.07, 6.45) is 3.92. The van der Waals surface area contributed by atoms with E-state index < -0.39 is 5.97 Å². The van der Waals surface area contributed by atoms with Crippen LogP contribution in [0.1, 0.15) is 25.1 Å². The van der Waals surface area contributed by atoms with Gasteiger partial charge >= 0.3 is 5.97 Å². The monoisotopic (exact) mass is 269 g/mol. The maximum atomic E-state index is 10.7. The van der Waals surface area contributed by atoms with Crippen LogP contribution >= 0.6 is 11.8 Å². The second kappa shape index (κ2) is 5.75. The number of carboxylic acid groups (broad SMARTS) is 1. The van der Waals surface area contributed by atoms with E-state index in [1.54, 1.807) is 0 Å². The summed E-state index contributed by atoms with van der Waals surface area (Å²) in [4.78, 5) is 17.3. The molecule has 0 aromatic carbocycles. The van der Waals surface area contributed by atoms with E-state index in [1.165, 1.54) is 17.5 Å². The van der Waals surface area contributed by atoms with Crippen LogP contribution < -0.4 is 0 Å². The maximum absolute atomic E-state index is 10.7. The summed E-state index contributed by atoms with van der Waals surface area (Å²) in [7, 11) is 2.12. The third-order valence-corrected chi connectivity index (χ3v) is 4.21. The summed E-state index contributed by atoms with van der Waals surface area (Å²) in [6, 6.07) is 0.434. The van der Waals surface area contributed by atoms with E-state index in [0.717, 1.165) is 31.1 Å². The molecule has 1 aliphatic rings. The Morgan fingerprint density at radius 3 is 3.00 bits per heavy atom. The van der Waals surface area contributed by atoms with Gasteiger partial charge in [-0.05, 0) is 26.4 Å². The van der Waals surface area contributed by atoms with Crippen LogP contribution in [0.2, 0.25) is 0 Å². The minimum Gasteiger partial charge on any atom is -0.481 e. The zero-order chi connectivity index (χ0) is 13.1. The number of nitrogens with zero attached hydrogens (tertiary/aromatic N) is 3. The number of thioether (sulfide) groups is 1. The number of aryl methyl sites for hydroxylation is 1. The number of aromatic nitrogens is 2. The Bertz CT molecular complexity index is 433. The van der Waals surface area contributed by atoms with Crippen molar-refractivity contribution in [2.75, 3.05) is 25.9 Å². The fraction of sp³-hybridized carbons (Fsp3) is 0.667. The topological polar surface area (TPSA) is 58.4 Å². The molecule has 100 valence electrons. The van der Waals surface area contributed by atoms with E-state index in [4.69, 9.17) is 5.11 Å². The van der Waals surface area contributed by atoms with E-state index in [1.807, 2.05) is 6.20 Å². The fourth-order valence-corrected chi connectivity index (χ4v) is 3.17. The van der Waals surface area contributed by atoms with Gasteiger partial charge in [-0.1, -0.05) is 18.7 Å². The Hall–Kier alpha value is -1.01. The van der Waals surface area contributed by atoms with Crippen LogP contribution in [-0.4, -0.2) is 51.4 Å². The highest BCUT2D eigenvalue weighted by Gasteiger charge is 2.25. The smallest absolute Gasteiger partial charge is 0.313 e. The van der Waals surface area contributed by atoms with Crippen LogP contribution in [0.15, 0.2) is 11.4 Å². The molecule has 0 aliphatic carbocycles. The van der Waals surface area contributed by atoms with Gasteiger partial charge < -0.3 is 14.6 Å². The summed E-state index contributed by atoms with van der Waals surface area (Å²) < 4.78 is 2.23. The summed E-state index contributed by atoms with van der Waals surface area (Å²) in [5.74, 6) is -0.723.